The second kappa shape index (κ2) is 2.79. The van der Waals surface area contributed by atoms with Gasteiger partial charge in [0.05, 0.1) is 16.6 Å². The first-order valence-corrected chi connectivity index (χ1v) is 4.52. The standard InChI is InChI=1S/C11H6N4/c12-5-7-6-13-11-10(7)14-8-3-1-2-4-9(8)15-11/h1-4,6H,(H,13,15). The topological polar surface area (TPSA) is 65.4 Å². The molecule has 0 spiro atoms. The number of nitrogens with zero attached hydrogens (tertiary/aromatic N) is 3. The summed E-state index contributed by atoms with van der Waals surface area (Å²) in [4.78, 5) is 11.7. The Hall–Kier alpha value is -2.41. The monoisotopic (exact) mass is 194 g/mol. The number of benzene rings is 1. The Labute approximate surface area is 85.2 Å². The van der Waals surface area contributed by atoms with Crippen molar-refractivity contribution < 1.29 is 0 Å². The minimum absolute atomic E-state index is 0.531. The van der Waals surface area contributed by atoms with E-state index in [4.69, 9.17) is 5.26 Å². The van der Waals surface area contributed by atoms with E-state index in [9.17, 15) is 0 Å². The summed E-state index contributed by atoms with van der Waals surface area (Å²) in [5.74, 6) is 0. The summed E-state index contributed by atoms with van der Waals surface area (Å²) in [6.45, 7) is 0. The van der Waals surface area contributed by atoms with Gasteiger partial charge in [0, 0.05) is 6.20 Å². The Morgan fingerprint density at radius 3 is 2.60 bits per heavy atom. The Morgan fingerprint density at radius 1 is 1.13 bits per heavy atom. The molecule has 0 fully saturated rings. The van der Waals surface area contributed by atoms with E-state index in [1.165, 1.54) is 0 Å². The SMILES string of the molecule is N#Cc1c[nH]c2nc3ccccc3nc12. The fraction of sp³-hybridized carbons (Fsp3) is 0. The lowest BCUT2D eigenvalue weighted by molar-refractivity contribution is 1.34. The van der Waals surface area contributed by atoms with Crippen LogP contribution >= 0.6 is 0 Å². The molecule has 0 atom stereocenters. The molecule has 0 unspecified atom stereocenters. The van der Waals surface area contributed by atoms with E-state index >= 15 is 0 Å². The number of fused-ring (bicyclic) bond motifs is 2. The van der Waals surface area contributed by atoms with Crippen molar-refractivity contribution in [2.75, 3.05) is 0 Å². The van der Waals surface area contributed by atoms with Crippen LogP contribution in [0.1, 0.15) is 5.56 Å². The molecule has 0 aliphatic rings. The highest BCUT2D eigenvalue weighted by Crippen LogP contribution is 2.17. The van der Waals surface area contributed by atoms with Crippen molar-refractivity contribution in [3.63, 3.8) is 0 Å². The Kier molecular flexibility index (Phi) is 1.48. The lowest BCUT2D eigenvalue weighted by atomic mass is 10.3. The molecular weight excluding hydrogens is 188 g/mol. The molecule has 0 aliphatic carbocycles. The average molecular weight is 194 g/mol. The van der Waals surface area contributed by atoms with E-state index in [-0.39, 0.29) is 0 Å². The van der Waals surface area contributed by atoms with Gasteiger partial charge in [-0.25, -0.2) is 9.97 Å². The molecule has 2 aromatic heterocycles. The zero-order valence-electron chi connectivity index (χ0n) is 7.73. The van der Waals surface area contributed by atoms with Crippen molar-refractivity contribution in [1.29, 1.82) is 5.26 Å². The van der Waals surface area contributed by atoms with Crippen LogP contribution in [0.2, 0.25) is 0 Å². The molecule has 1 N–H and O–H groups in total. The van der Waals surface area contributed by atoms with Gasteiger partial charge in [-0.3, -0.25) is 0 Å². The van der Waals surface area contributed by atoms with Gasteiger partial charge >= 0.3 is 0 Å². The molecule has 0 amide bonds. The van der Waals surface area contributed by atoms with Gasteiger partial charge in [0.25, 0.3) is 0 Å². The molecule has 70 valence electrons. The molecule has 2 heterocycles. The van der Waals surface area contributed by atoms with Crippen LogP contribution in [0.3, 0.4) is 0 Å². The van der Waals surface area contributed by atoms with E-state index in [0.717, 1.165) is 11.0 Å². The molecule has 3 aromatic rings. The number of nitriles is 1. The average Bonchev–Trinajstić information content (AvgIpc) is 2.68. The number of para-hydroxylation sites is 2. The van der Waals surface area contributed by atoms with Crippen LogP contribution in [0.4, 0.5) is 0 Å². The van der Waals surface area contributed by atoms with Crippen molar-refractivity contribution >= 4 is 22.2 Å². The lowest BCUT2D eigenvalue weighted by Crippen LogP contribution is -1.85. The summed E-state index contributed by atoms with van der Waals surface area (Å²) in [6.07, 6.45) is 1.63. The van der Waals surface area contributed by atoms with Gasteiger partial charge in [-0.05, 0) is 12.1 Å². The fourth-order valence-electron chi connectivity index (χ4n) is 1.58. The van der Waals surface area contributed by atoms with Gasteiger partial charge in [0.2, 0.25) is 0 Å². The van der Waals surface area contributed by atoms with Gasteiger partial charge in [-0.1, -0.05) is 12.1 Å². The zero-order valence-corrected chi connectivity index (χ0v) is 7.73. The van der Waals surface area contributed by atoms with Gasteiger partial charge in [-0.15, -0.1) is 0 Å². The highest BCUT2D eigenvalue weighted by molar-refractivity contribution is 5.87. The number of nitrogens with one attached hydrogen (secondary N) is 1. The molecule has 0 bridgehead atoms. The normalized spacial score (nSPS) is 10.6. The van der Waals surface area contributed by atoms with Crippen molar-refractivity contribution in [3.05, 3.63) is 36.0 Å². The first kappa shape index (κ1) is 7.94. The maximum Gasteiger partial charge on any atom is 0.158 e. The minimum atomic E-state index is 0.531. The quantitative estimate of drug-likeness (QED) is 0.595. The number of aromatic nitrogens is 3. The maximum absolute atomic E-state index is 8.86. The first-order valence-electron chi connectivity index (χ1n) is 4.52. The highest BCUT2D eigenvalue weighted by Gasteiger charge is 2.06. The second-order valence-electron chi connectivity index (χ2n) is 3.22. The molecule has 15 heavy (non-hydrogen) atoms. The van der Waals surface area contributed by atoms with Gasteiger partial charge in [-0.2, -0.15) is 5.26 Å². The van der Waals surface area contributed by atoms with Crippen molar-refractivity contribution in [2.24, 2.45) is 0 Å². The predicted octanol–water partition coefficient (Wildman–Crippen LogP) is 1.98. The summed E-state index contributed by atoms with van der Waals surface area (Å²) in [7, 11) is 0. The van der Waals surface area contributed by atoms with Crippen LogP contribution in [0, 0.1) is 11.3 Å². The summed E-state index contributed by atoms with van der Waals surface area (Å²) < 4.78 is 0. The van der Waals surface area contributed by atoms with Gasteiger partial charge in [0.15, 0.2) is 5.65 Å². The first-order chi connectivity index (χ1) is 7.38. The smallest absolute Gasteiger partial charge is 0.158 e. The zero-order chi connectivity index (χ0) is 10.3. The van der Waals surface area contributed by atoms with Crippen LogP contribution in [0.25, 0.3) is 22.2 Å². The number of aromatic amines is 1. The summed E-state index contributed by atoms with van der Waals surface area (Å²) in [5.41, 5.74) is 3.46. The van der Waals surface area contributed by atoms with E-state index in [1.54, 1.807) is 6.20 Å². The Balaban J connectivity index is 2.51. The molecule has 0 radical (unpaired) electrons. The third-order valence-electron chi connectivity index (χ3n) is 2.30. The van der Waals surface area contributed by atoms with Crippen molar-refractivity contribution in [2.45, 2.75) is 0 Å². The molecule has 4 nitrogen and oxygen atoms in total. The van der Waals surface area contributed by atoms with Crippen LogP contribution in [0.15, 0.2) is 30.5 Å². The third kappa shape index (κ3) is 1.07. The Bertz CT molecular complexity index is 690. The maximum atomic E-state index is 8.86. The van der Waals surface area contributed by atoms with Crippen LogP contribution in [0.5, 0.6) is 0 Å². The second-order valence-corrected chi connectivity index (χ2v) is 3.22. The summed E-state index contributed by atoms with van der Waals surface area (Å²) >= 11 is 0. The largest absolute Gasteiger partial charge is 0.343 e. The number of rotatable bonds is 0. The van der Waals surface area contributed by atoms with Crippen molar-refractivity contribution in [1.82, 2.24) is 15.0 Å². The van der Waals surface area contributed by atoms with E-state index in [1.807, 2.05) is 24.3 Å². The molecule has 3 rings (SSSR count). The van der Waals surface area contributed by atoms with Gasteiger partial charge in [0.1, 0.15) is 11.6 Å². The van der Waals surface area contributed by atoms with E-state index in [2.05, 4.69) is 21.0 Å². The molecule has 0 aliphatic heterocycles. The van der Waals surface area contributed by atoms with Crippen LogP contribution in [-0.4, -0.2) is 15.0 Å². The van der Waals surface area contributed by atoms with E-state index in [0.29, 0.717) is 16.7 Å². The third-order valence-corrected chi connectivity index (χ3v) is 2.30. The Morgan fingerprint density at radius 2 is 1.87 bits per heavy atom. The summed E-state index contributed by atoms with van der Waals surface area (Å²) in [6, 6.07) is 9.68. The molecule has 4 heteroatoms. The number of H-pyrrole nitrogens is 1. The highest BCUT2D eigenvalue weighted by atomic mass is 14.9. The van der Waals surface area contributed by atoms with Gasteiger partial charge < -0.3 is 4.98 Å². The molecule has 1 aromatic carbocycles. The van der Waals surface area contributed by atoms with Crippen LogP contribution < -0.4 is 0 Å². The molecule has 0 saturated heterocycles. The number of hydrogen-bond donors (Lipinski definition) is 1. The fourth-order valence-corrected chi connectivity index (χ4v) is 1.58. The van der Waals surface area contributed by atoms with Crippen molar-refractivity contribution in [3.8, 4) is 6.07 Å². The molecular formula is C11H6N4. The minimum Gasteiger partial charge on any atom is -0.343 e. The molecule has 0 saturated carbocycles. The van der Waals surface area contributed by atoms with Crippen LogP contribution in [-0.2, 0) is 0 Å². The lowest BCUT2D eigenvalue weighted by Gasteiger charge is -1.95. The van der Waals surface area contributed by atoms with E-state index < -0.39 is 0 Å². The number of hydrogen-bond acceptors (Lipinski definition) is 3. The predicted molar refractivity (Wildman–Crippen MR) is 56.1 cm³/mol. The summed E-state index contributed by atoms with van der Waals surface area (Å²) in [5, 5.41) is 8.86.